The van der Waals surface area contributed by atoms with Gasteiger partial charge in [0.1, 0.15) is 5.75 Å². The van der Waals surface area contributed by atoms with E-state index < -0.39 is 16.9 Å². The van der Waals surface area contributed by atoms with Crippen LogP contribution in [-0.4, -0.2) is 22.0 Å². The van der Waals surface area contributed by atoms with E-state index in [0.717, 1.165) is 0 Å². The van der Waals surface area contributed by atoms with Gasteiger partial charge in [-0.1, -0.05) is 34.8 Å². The number of carbonyl (C=O) groups is 1. The van der Waals surface area contributed by atoms with Crippen molar-refractivity contribution in [3.05, 3.63) is 61.6 Å². The first kappa shape index (κ1) is 21.2. The highest BCUT2D eigenvalue weighted by Gasteiger charge is 2.18. The summed E-state index contributed by atoms with van der Waals surface area (Å²) in [6.45, 7) is 1.50. The molecule has 2 aromatic carbocycles. The molecule has 0 aromatic heterocycles. The number of anilines is 1. The summed E-state index contributed by atoms with van der Waals surface area (Å²) in [6.07, 6.45) is -0.927. The summed E-state index contributed by atoms with van der Waals surface area (Å²) in [5, 5.41) is 16.7. The number of amides is 1. The van der Waals surface area contributed by atoms with Gasteiger partial charge in [0.25, 0.3) is 11.6 Å². The quantitative estimate of drug-likeness (QED) is 0.386. The van der Waals surface area contributed by atoms with E-state index in [0.29, 0.717) is 5.02 Å². The zero-order chi connectivity index (χ0) is 20.1. The first-order valence-electron chi connectivity index (χ1n) is 7.35. The van der Waals surface area contributed by atoms with Crippen LogP contribution in [0.3, 0.4) is 0 Å². The summed E-state index contributed by atoms with van der Waals surface area (Å²) in [4.78, 5) is 22.5. The van der Waals surface area contributed by atoms with Crippen molar-refractivity contribution >= 4 is 69.4 Å². The molecule has 2 aromatic rings. The van der Waals surface area contributed by atoms with E-state index in [1.165, 1.54) is 37.3 Å². The fourth-order valence-corrected chi connectivity index (χ4v) is 2.73. The number of non-ortho nitro benzene ring substituents is 1. The Bertz CT molecular complexity index is 910. The van der Waals surface area contributed by atoms with Crippen LogP contribution in [0.5, 0.6) is 5.75 Å². The smallest absolute Gasteiger partial charge is 0.271 e. The van der Waals surface area contributed by atoms with Crippen molar-refractivity contribution in [1.82, 2.24) is 5.32 Å². The molecule has 1 amide bonds. The second-order valence-electron chi connectivity index (χ2n) is 5.20. The molecule has 0 radical (unpaired) electrons. The third-order valence-electron chi connectivity index (χ3n) is 3.21. The number of benzene rings is 2. The molecule has 142 valence electrons. The molecule has 2 rings (SSSR count). The van der Waals surface area contributed by atoms with E-state index in [2.05, 4.69) is 10.6 Å². The fraction of sp³-hybridized carbons (Fsp3) is 0.125. The van der Waals surface area contributed by atoms with Crippen LogP contribution in [-0.2, 0) is 4.79 Å². The maximum atomic E-state index is 12.2. The molecule has 7 nitrogen and oxygen atoms in total. The first-order valence-corrected chi connectivity index (χ1v) is 8.89. The Labute approximate surface area is 174 Å². The van der Waals surface area contributed by atoms with E-state index in [1.54, 1.807) is 6.07 Å². The lowest BCUT2D eigenvalue weighted by Crippen LogP contribution is -2.42. The molecular weight excluding hydrogens is 437 g/mol. The zero-order valence-corrected chi connectivity index (χ0v) is 16.7. The van der Waals surface area contributed by atoms with Gasteiger partial charge in [-0.05, 0) is 43.4 Å². The van der Waals surface area contributed by atoms with Crippen LogP contribution < -0.4 is 15.4 Å². The van der Waals surface area contributed by atoms with Crippen molar-refractivity contribution < 1.29 is 14.5 Å². The van der Waals surface area contributed by atoms with E-state index in [-0.39, 0.29) is 32.3 Å². The number of carbonyl (C=O) groups excluding carboxylic acids is 1. The van der Waals surface area contributed by atoms with Crippen molar-refractivity contribution in [3.8, 4) is 5.75 Å². The molecule has 0 aliphatic heterocycles. The Morgan fingerprint density at radius 2 is 1.89 bits per heavy atom. The molecule has 0 aliphatic rings. The number of ether oxygens (including phenoxy) is 1. The van der Waals surface area contributed by atoms with Crippen LogP contribution in [0.2, 0.25) is 15.1 Å². The highest BCUT2D eigenvalue weighted by molar-refractivity contribution is 7.80. The SMILES string of the molecule is CC(Oc1ccc(Cl)cc1Cl)C(=O)NC(=S)Nc1cc([N+](=O)[O-])ccc1Cl. The molecule has 0 spiro atoms. The lowest BCUT2D eigenvalue weighted by Gasteiger charge is -2.17. The van der Waals surface area contributed by atoms with Crippen molar-refractivity contribution in [1.29, 1.82) is 0 Å². The fourth-order valence-electron chi connectivity index (χ4n) is 1.90. The Balaban J connectivity index is 1.99. The number of nitro benzene ring substituents is 1. The molecule has 0 bridgehead atoms. The average molecular weight is 449 g/mol. The van der Waals surface area contributed by atoms with Crippen molar-refractivity contribution in [2.75, 3.05) is 5.32 Å². The third kappa shape index (κ3) is 5.93. The molecular formula is C16H12Cl3N3O4S. The summed E-state index contributed by atoms with van der Waals surface area (Å²) in [7, 11) is 0. The molecule has 0 heterocycles. The van der Waals surface area contributed by atoms with Gasteiger partial charge in [-0.2, -0.15) is 0 Å². The standard InChI is InChI=1S/C16H12Cl3N3O4S/c1-8(26-14-5-2-9(17)6-12(14)19)15(23)21-16(27)20-13-7-10(22(24)25)3-4-11(13)18/h2-8H,1H3,(H2,20,21,23,27). The number of hydrogen-bond acceptors (Lipinski definition) is 5. The number of thiocarbonyl (C=S) groups is 1. The molecule has 0 saturated carbocycles. The Hall–Kier alpha value is -2.13. The molecule has 27 heavy (non-hydrogen) atoms. The number of rotatable bonds is 5. The molecule has 1 atom stereocenters. The largest absolute Gasteiger partial charge is 0.479 e. The first-order chi connectivity index (χ1) is 12.7. The van der Waals surface area contributed by atoms with E-state index in [1.807, 2.05) is 0 Å². The minimum absolute atomic E-state index is 0.0972. The highest BCUT2D eigenvalue weighted by Crippen LogP contribution is 2.28. The van der Waals surface area contributed by atoms with Gasteiger partial charge in [0.2, 0.25) is 0 Å². The monoisotopic (exact) mass is 447 g/mol. The van der Waals surface area contributed by atoms with Gasteiger partial charge >= 0.3 is 0 Å². The number of nitrogens with zero attached hydrogens (tertiary/aromatic N) is 1. The minimum atomic E-state index is -0.927. The summed E-state index contributed by atoms with van der Waals surface area (Å²) in [6, 6.07) is 8.40. The van der Waals surface area contributed by atoms with Gasteiger partial charge in [0, 0.05) is 17.2 Å². The average Bonchev–Trinajstić information content (AvgIpc) is 2.58. The number of halogens is 3. The summed E-state index contributed by atoms with van der Waals surface area (Å²) >= 11 is 22.8. The van der Waals surface area contributed by atoms with Gasteiger partial charge in [-0.15, -0.1) is 0 Å². The molecule has 0 saturated heterocycles. The number of hydrogen-bond donors (Lipinski definition) is 2. The Morgan fingerprint density at radius 3 is 2.52 bits per heavy atom. The van der Waals surface area contributed by atoms with E-state index in [4.69, 9.17) is 51.8 Å². The second-order valence-corrected chi connectivity index (χ2v) is 6.86. The summed E-state index contributed by atoms with van der Waals surface area (Å²) < 4.78 is 5.48. The van der Waals surface area contributed by atoms with Crippen molar-refractivity contribution in [2.24, 2.45) is 0 Å². The topological polar surface area (TPSA) is 93.5 Å². The molecule has 0 aliphatic carbocycles. The molecule has 11 heteroatoms. The van der Waals surface area contributed by atoms with Gasteiger partial charge < -0.3 is 10.1 Å². The number of nitrogens with one attached hydrogen (secondary N) is 2. The van der Waals surface area contributed by atoms with Crippen LogP contribution >= 0.6 is 47.0 Å². The summed E-state index contributed by atoms with van der Waals surface area (Å²) in [5.41, 5.74) is 0.00981. The molecule has 1 unspecified atom stereocenters. The van der Waals surface area contributed by atoms with Crippen molar-refractivity contribution in [2.45, 2.75) is 13.0 Å². The highest BCUT2D eigenvalue weighted by atomic mass is 35.5. The van der Waals surface area contributed by atoms with Crippen LogP contribution in [0.4, 0.5) is 11.4 Å². The van der Waals surface area contributed by atoms with Gasteiger partial charge in [0.15, 0.2) is 11.2 Å². The van der Waals surface area contributed by atoms with Gasteiger partial charge in [0.05, 0.1) is 20.7 Å². The van der Waals surface area contributed by atoms with E-state index >= 15 is 0 Å². The maximum absolute atomic E-state index is 12.2. The van der Waals surface area contributed by atoms with Crippen LogP contribution in [0.1, 0.15) is 6.92 Å². The maximum Gasteiger partial charge on any atom is 0.271 e. The third-order valence-corrected chi connectivity index (χ3v) is 4.28. The lowest BCUT2D eigenvalue weighted by molar-refractivity contribution is -0.384. The molecule has 2 N–H and O–H groups in total. The lowest BCUT2D eigenvalue weighted by atomic mass is 10.3. The van der Waals surface area contributed by atoms with Crippen LogP contribution in [0.25, 0.3) is 0 Å². The predicted octanol–water partition coefficient (Wildman–Crippen LogP) is 4.84. The van der Waals surface area contributed by atoms with Crippen LogP contribution in [0, 0.1) is 10.1 Å². The Kier molecular flexibility index (Phi) is 7.20. The van der Waals surface area contributed by atoms with E-state index in [9.17, 15) is 14.9 Å². The zero-order valence-electron chi connectivity index (χ0n) is 13.7. The van der Waals surface area contributed by atoms with Gasteiger partial charge in [-0.25, -0.2) is 0 Å². The number of nitro groups is 1. The van der Waals surface area contributed by atoms with Crippen LogP contribution in [0.15, 0.2) is 36.4 Å². The molecule has 0 fully saturated rings. The Morgan fingerprint density at radius 1 is 1.19 bits per heavy atom. The normalized spacial score (nSPS) is 11.4. The predicted molar refractivity (Wildman–Crippen MR) is 109 cm³/mol. The summed E-state index contributed by atoms with van der Waals surface area (Å²) in [5.74, 6) is -0.274. The van der Waals surface area contributed by atoms with Crippen molar-refractivity contribution in [3.63, 3.8) is 0 Å². The minimum Gasteiger partial charge on any atom is -0.479 e. The van der Waals surface area contributed by atoms with Gasteiger partial charge in [-0.3, -0.25) is 20.2 Å². The second kappa shape index (κ2) is 9.18.